The highest BCUT2D eigenvalue weighted by atomic mass is 31.2. The van der Waals surface area contributed by atoms with Crippen molar-refractivity contribution >= 4 is 24.3 Å². The van der Waals surface area contributed by atoms with Gasteiger partial charge in [-0.15, -0.1) is 0 Å². The van der Waals surface area contributed by atoms with Crippen LogP contribution in [0.1, 0.15) is 29.9 Å². The largest absolute Gasteiger partial charge is 0.465 e. The fourth-order valence-electron chi connectivity index (χ4n) is 2.24. The summed E-state index contributed by atoms with van der Waals surface area (Å²) in [5, 5.41) is 1.70. The Morgan fingerprint density at radius 2 is 1.83 bits per heavy atom. The summed E-state index contributed by atoms with van der Waals surface area (Å²) >= 11 is 0. The molecule has 0 fully saturated rings. The minimum Gasteiger partial charge on any atom is -0.465 e. The van der Waals surface area contributed by atoms with Crippen molar-refractivity contribution in [1.29, 1.82) is 0 Å². The summed E-state index contributed by atoms with van der Waals surface area (Å²) in [4.78, 5) is 15.9. The van der Waals surface area contributed by atoms with E-state index in [1.807, 2.05) is 0 Å². The fraction of sp³-hybridized carbons (Fsp3) is 0.375. The number of aromatic nitrogens is 1. The molecule has 0 unspecified atom stereocenters. The van der Waals surface area contributed by atoms with Gasteiger partial charge in [0.2, 0.25) is 0 Å². The van der Waals surface area contributed by atoms with E-state index in [9.17, 15) is 9.36 Å². The maximum atomic E-state index is 12.6. The zero-order valence-corrected chi connectivity index (χ0v) is 14.3. The number of nitrogens with zero attached hydrogens (tertiary/aromatic N) is 1. The smallest absolute Gasteiger partial charge is 0.337 e. The molecule has 0 aliphatic rings. The minimum atomic E-state index is -3.21. The van der Waals surface area contributed by atoms with Crippen LogP contribution in [0.15, 0.2) is 30.5 Å². The molecule has 0 amide bonds. The predicted octanol–water partition coefficient (Wildman–Crippen LogP) is 3.79. The zero-order chi connectivity index (χ0) is 16.9. The monoisotopic (exact) mass is 337 g/mol. The fourth-order valence-corrected chi connectivity index (χ4v) is 3.85. The molecule has 1 heterocycles. The molecule has 0 bridgehead atoms. The summed E-state index contributed by atoms with van der Waals surface area (Å²) in [6.07, 6.45) is 1.76. The Hall–Kier alpha value is -1.75. The predicted molar refractivity (Wildman–Crippen MR) is 87.6 cm³/mol. The van der Waals surface area contributed by atoms with E-state index in [1.165, 1.54) is 7.11 Å². The maximum absolute atomic E-state index is 12.6. The molecule has 0 saturated carbocycles. The van der Waals surface area contributed by atoms with Crippen LogP contribution in [-0.4, -0.2) is 31.3 Å². The molecule has 23 heavy (non-hydrogen) atoms. The Morgan fingerprint density at radius 3 is 2.43 bits per heavy atom. The molecule has 0 aliphatic carbocycles. The lowest BCUT2D eigenvalue weighted by molar-refractivity contribution is 0.0601. The van der Waals surface area contributed by atoms with E-state index in [0.717, 1.165) is 10.8 Å². The SMILES string of the molecule is CCOP(=O)(Cc1cc2cc(C(=O)OC)ccc2cn1)OCC. The molecular formula is C16H20NO5P. The number of pyridine rings is 1. The van der Waals surface area contributed by atoms with E-state index in [4.69, 9.17) is 13.8 Å². The summed E-state index contributed by atoms with van der Waals surface area (Å²) in [5.74, 6) is -0.403. The van der Waals surface area contributed by atoms with Gasteiger partial charge in [0, 0.05) is 11.6 Å². The highest BCUT2D eigenvalue weighted by Crippen LogP contribution is 2.51. The number of hydrogen-bond acceptors (Lipinski definition) is 6. The van der Waals surface area contributed by atoms with E-state index in [1.54, 1.807) is 44.3 Å². The molecule has 7 heteroatoms. The first-order chi connectivity index (χ1) is 11.0. The number of fused-ring (bicyclic) bond motifs is 1. The van der Waals surface area contributed by atoms with Crippen LogP contribution in [0.25, 0.3) is 10.8 Å². The number of hydrogen-bond donors (Lipinski definition) is 0. The molecule has 0 spiro atoms. The minimum absolute atomic E-state index is 0.0903. The molecule has 2 rings (SSSR count). The van der Waals surface area contributed by atoms with E-state index in [0.29, 0.717) is 24.5 Å². The summed E-state index contributed by atoms with van der Waals surface area (Å²) in [7, 11) is -1.87. The lowest BCUT2D eigenvalue weighted by atomic mass is 10.1. The summed E-state index contributed by atoms with van der Waals surface area (Å²) in [6, 6.07) is 6.98. The third-order valence-electron chi connectivity index (χ3n) is 3.21. The van der Waals surface area contributed by atoms with Gasteiger partial charge in [-0.1, -0.05) is 6.07 Å². The first-order valence-electron chi connectivity index (χ1n) is 7.36. The second-order valence-corrected chi connectivity index (χ2v) is 6.89. The van der Waals surface area contributed by atoms with Crippen LogP contribution in [0.5, 0.6) is 0 Å². The molecule has 1 aromatic heterocycles. The van der Waals surface area contributed by atoms with Gasteiger partial charge in [0.15, 0.2) is 0 Å². The molecule has 0 aliphatic heterocycles. The van der Waals surface area contributed by atoms with E-state index in [-0.39, 0.29) is 6.16 Å². The molecule has 0 saturated heterocycles. The second kappa shape index (κ2) is 7.68. The van der Waals surface area contributed by atoms with Gasteiger partial charge < -0.3 is 13.8 Å². The number of rotatable bonds is 7. The first-order valence-corrected chi connectivity index (χ1v) is 9.09. The highest BCUT2D eigenvalue weighted by Gasteiger charge is 2.25. The number of carbonyl (C=O) groups is 1. The normalized spacial score (nSPS) is 11.6. The standard InChI is InChI=1S/C16H20NO5P/c1-4-21-23(19,22-5-2)11-15-9-14-8-12(16(18)20-3)6-7-13(14)10-17-15/h6-10H,4-5,11H2,1-3H3. The number of methoxy groups -OCH3 is 1. The average molecular weight is 337 g/mol. The molecule has 2 aromatic rings. The van der Waals surface area contributed by atoms with Crippen molar-refractivity contribution in [2.24, 2.45) is 0 Å². The summed E-state index contributed by atoms with van der Waals surface area (Å²) in [5.41, 5.74) is 1.04. The lowest BCUT2D eigenvalue weighted by Crippen LogP contribution is -2.02. The number of esters is 1. The molecule has 0 N–H and O–H groups in total. The van der Waals surface area contributed by atoms with Crippen LogP contribution in [0.3, 0.4) is 0 Å². The van der Waals surface area contributed by atoms with Crippen LogP contribution in [-0.2, 0) is 24.5 Å². The van der Waals surface area contributed by atoms with Gasteiger partial charge in [-0.2, -0.15) is 0 Å². The second-order valence-electron chi connectivity index (χ2n) is 4.83. The van der Waals surface area contributed by atoms with Gasteiger partial charge >= 0.3 is 13.6 Å². The van der Waals surface area contributed by atoms with E-state index in [2.05, 4.69) is 4.98 Å². The van der Waals surface area contributed by atoms with Crippen molar-refractivity contribution in [1.82, 2.24) is 4.98 Å². The van der Waals surface area contributed by atoms with Crippen molar-refractivity contribution in [2.75, 3.05) is 20.3 Å². The van der Waals surface area contributed by atoms with Crippen LogP contribution in [0.2, 0.25) is 0 Å². The van der Waals surface area contributed by atoms with Crippen molar-refractivity contribution in [2.45, 2.75) is 20.0 Å². The van der Waals surface area contributed by atoms with Crippen LogP contribution >= 0.6 is 7.60 Å². The highest BCUT2D eigenvalue weighted by molar-refractivity contribution is 7.53. The quantitative estimate of drug-likeness (QED) is 0.565. The molecule has 6 nitrogen and oxygen atoms in total. The van der Waals surface area contributed by atoms with E-state index < -0.39 is 13.6 Å². The Bertz CT molecular complexity index is 736. The van der Waals surface area contributed by atoms with Crippen molar-refractivity contribution in [3.8, 4) is 0 Å². The third-order valence-corrected chi connectivity index (χ3v) is 5.22. The molecule has 0 radical (unpaired) electrons. The van der Waals surface area contributed by atoms with Gasteiger partial charge in [-0.05, 0) is 37.4 Å². The van der Waals surface area contributed by atoms with E-state index >= 15 is 0 Å². The topological polar surface area (TPSA) is 74.7 Å². The third kappa shape index (κ3) is 4.38. The first kappa shape index (κ1) is 17.6. The van der Waals surface area contributed by atoms with Crippen LogP contribution in [0.4, 0.5) is 0 Å². The van der Waals surface area contributed by atoms with Gasteiger partial charge in [-0.25, -0.2) is 4.79 Å². The lowest BCUT2D eigenvalue weighted by Gasteiger charge is -2.16. The maximum Gasteiger partial charge on any atom is 0.337 e. The van der Waals surface area contributed by atoms with Crippen LogP contribution < -0.4 is 0 Å². The number of benzene rings is 1. The Kier molecular flexibility index (Phi) is 5.88. The number of carbonyl (C=O) groups excluding carboxylic acids is 1. The number of ether oxygens (including phenoxy) is 1. The van der Waals surface area contributed by atoms with Crippen molar-refractivity contribution < 1.29 is 23.1 Å². The van der Waals surface area contributed by atoms with Crippen molar-refractivity contribution in [3.63, 3.8) is 0 Å². The Balaban J connectivity index is 2.34. The van der Waals surface area contributed by atoms with Gasteiger partial charge in [0.1, 0.15) is 0 Å². The van der Waals surface area contributed by atoms with Crippen LogP contribution in [0, 0.1) is 0 Å². The summed E-state index contributed by atoms with van der Waals surface area (Å²) < 4.78 is 27.9. The Morgan fingerprint density at radius 1 is 1.13 bits per heavy atom. The van der Waals surface area contributed by atoms with Gasteiger partial charge in [0.25, 0.3) is 0 Å². The van der Waals surface area contributed by atoms with Crippen molar-refractivity contribution in [3.05, 3.63) is 41.7 Å². The molecule has 0 atom stereocenters. The molecular weight excluding hydrogens is 317 g/mol. The average Bonchev–Trinajstić information content (AvgIpc) is 2.53. The van der Waals surface area contributed by atoms with Gasteiger partial charge in [0.05, 0.1) is 37.7 Å². The Labute approximate surface area is 135 Å². The molecule has 124 valence electrons. The molecule has 1 aromatic carbocycles. The summed E-state index contributed by atoms with van der Waals surface area (Å²) in [6.45, 7) is 4.14. The zero-order valence-electron chi connectivity index (χ0n) is 13.4. The van der Waals surface area contributed by atoms with Gasteiger partial charge in [-0.3, -0.25) is 9.55 Å².